The minimum Gasteiger partial charge on any atom is -0.469 e. The second-order valence-corrected chi connectivity index (χ2v) is 6.40. The SMILES string of the molecule is COC(=O)C(C)C1CCC2(C)CCC(=O)C(C)=C2C1. The van der Waals surface area contributed by atoms with Crippen LogP contribution in [0.25, 0.3) is 0 Å². The number of Topliss-reactive ketones (excluding diaryl/α,β-unsaturated/α-hetero) is 1. The molecule has 0 spiro atoms. The Morgan fingerprint density at radius 1 is 1.42 bits per heavy atom. The topological polar surface area (TPSA) is 43.4 Å². The molecule has 0 bridgehead atoms. The van der Waals surface area contributed by atoms with E-state index in [1.807, 2.05) is 13.8 Å². The molecule has 106 valence electrons. The lowest BCUT2D eigenvalue weighted by molar-refractivity contribution is -0.147. The van der Waals surface area contributed by atoms with Crippen LogP contribution in [0.1, 0.15) is 52.9 Å². The highest BCUT2D eigenvalue weighted by molar-refractivity contribution is 5.96. The van der Waals surface area contributed by atoms with Crippen molar-refractivity contribution in [3.05, 3.63) is 11.1 Å². The minimum absolute atomic E-state index is 0.0770. The number of fused-ring (bicyclic) bond motifs is 1. The molecule has 0 amide bonds. The van der Waals surface area contributed by atoms with Crippen molar-refractivity contribution < 1.29 is 14.3 Å². The molecule has 3 nitrogen and oxygen atoms in total. The van der Waals surface area contributed by atoms with Gasteiger partial charge in [-0.1, -0.05) is 19.4 Å². The van der Waals surface area contributed by atoms with Crippen LogP contribution in [0, 0.1) is 17.3 Å². The molecule has 0 heterocycles. The van der Waals surface area contributed by atoms with E-state index in [1.54, 1.807) is 0 Å². The summed E-state index contributed by atoms with van der Waals surface area (Å²) in [6.45, 7) is 6.18. The van der Waals surface area contributed by atoms with Gasteiger partial charge in [0.1, 0.15) is 0 Å². The van der Waals surface area contributed by atoms with Crippen molar-refractivity contribution in [1.29, 1.82) is 0 Å². The van der Waals surface area contributed by atoms with Crippen LogP contribution in [-0.4, -0.2) is 18.9 Å². The first kappa shape index (κ1) is 14.3. The van der Waals surface area contributed by atoms with Gasteiger partial charge in [0, 0.05) is 6.42 Å². The molecule has 0 aromatic rings. The van der Waals surface area contributed by atoms with E-state index in [1.165, 1.54) is 12.7 Å². The smallest absolute Gasteiger partial charge is 0.308 e. The molecule has 0 saturated heterocycles. The lowest BCUT2D eigenvalue weighted by atomic mass is 9.60. The first-order valence-electron chi connectivity index (χ1n) is 7.20. The zero-order valence-electron chi connectivity index (χ0n) is 12.4. The highest BCUT2D eigenvalue weighted by Gasteiger charge is 2.42. The second kappa shape index (κ2) is 5.10. The molecule has 2 aliphatic carbocycles. The van der Waals surface area contributed by atoms with Crippen LogP contribution < -0.4 is 0 Å². The fourth-order valence-corrected chi connectivity index (χ4v) is 3.70. The van der Waals surface area contributed by atoms with Crippen LogP contribution >= 0.6 is 0 Å². The van der Waals surface area contributed by atoms with E-state index in [2.05, 4.69) is 6.92 Å². The maximum atomic E-state index is 11.9. The van der Waals surface area contributed by atoms with Crippen molar-refractivity contribution in [3.8, 4) is 0 Å². The first-order chi connectivity index (χ1) is 8.89. The van der Waals surface area contributed by atoms with Crippen LogP contribution in [0.15, 0.2) is 11.1 Å². The summed E-state index contributed by atoms with van der Waals surface area (Å²) in [6.07, 6.45) is 4.67. The van der Waals surface area contributed by atoms with Gasteiger partial charge in [-0.2, -0.15) is 0 Å². The lowest BCUT2D eigenvalue weighted by Gasteiger charge is -2.44. The van der Waals surface area contributed by atoms with Crippen molar-refractivity contribution in [1.82, 2.24) is 0 Å². The second-order valence-electron chi connectivity index (χ2n) is 6.40. The van der Waals surface area contributed by atoms with Crippen LogP contribution in [-0.2, 0) is 14.3 Å². The van der Waals surface area contributed by atoms with Crippen molar-refractivity contribution in [2.75, 3.05) is 7.11 Å². The predicted octanol–water partition coefficient (Wildman–Crippen LogP) is 3.28. The van der Waals surface area contributed by atoms with Gasteiger partial charge in [0.25, 0.3) is 0 Å². The Labute approximate surface area is 115 Å². The molecular weight excluding hydrogens is 240 g/mol. The van der Waals surface area contributed by atoms with Crippen molar-refractivity contribution in [2.45, 2.75) is 52.9 Å². The molecule has 2 aliphatic rings. The Bertz CT molecular complexity index is 435. The fourth-order valence-electron chi connectivity index (χ4n) is 3.70. The lowest BCUT2D eigenvalue weighted by Crippen LogP contribution is -2.36. The summed E-state index contributed by atoms with van der Waals surface area (Å²) in [4.78, 5) is 23.6. The molecule has 1 fully saturated rings. The third kappa shape index (κ3) is 2.47. The quantitative estimate of drug-likeness (QED) is 0.719. The molecule has 3 heteroatoms. The van der Waals surface area contributed by atoms with Crippen LogP contribution in [0.2, 0.25) is 0 Å². The number of hydrogen-bond donors (Lipinski definition) is 0. The summed E-state index contributed by atoms with van der Waals surface area (Å²) >= 11 is 0. The van der Waals surface area contributed by atoms with Crippen molar-refractivity contribution in [2.24, 2.45) is 17.3 Å². The fraction of sp³-hybridized carbons (Fsp3) is 0.750. The van der Waals surface area contributed by atoms with Gasteiger partial charge in [-0.3, -0.25) is 9.59 Å². The number of carbonyl (C=O) groups excluding carboxylic acids is 2. The van der Waals surface area contributed by atoms with Crippen molar-refractivity contribution >= 4 is 11.8 Å². The zero-order chi connectivity index (χ0) is 14.2. The van der Waals surface area contributed by atoms with Crippen LogP contribution in [0.4, 0.5) is 0 Å². The molecular formula is C16H24O3. The third-order valence-corrected chi connectivity index (χ3v) is 5.32. The molecule has 0 N–H and O–H groups in total. The Hall–Kier alpha value is -1.12. The van der Waals surface area contributed by atoms with Gasteiger partial charge >= 0.3 is 5.97 Å². The van der Waals surface area contributed by atoms with Gasteiger partial charge in [-0.15, -0.1) is 0 Å². The number of hydrogen-bond acceptors (Lipinski definition) is 3. The van der Waals surface area contributed by atoms with Crippen LogP contribution in [0.3, 0.4) is 0 Å². The normalized spacial score (nSPS) is 32.8. The average Bonchev–Trinajstić information content (AvgIpc) is 2.41. The van der Waals surface area contributed by atoms with E-state index in [0.29, 0.717) is 18.1 Å². The van der Waals surface area contributed by atoms with Gasteiger partial charge in [-0.25, -0.2) is 0 Å². The van der Waals surface area contributed by atoms with Gasteiger partial charge in [-0.05, 0) is 49.5 Å². The van der Waals surface area contributed by atoms with Gasteiger partial charge in [0.05, 0.1) is 13.0 Å². The number of ether oxygens (including phenoxy) is 1. The maximum Gasteiger partial charge on any atom is 0.308 e. The number of ketones is 1. The highest BCUT2D eigenvalue weighted by atomic mass is 16.5. The van der Waals surface area contributed by atoms with Gasteiger partial charge < -0.3 is 4.74 Å². The summed E-state index contributed by atoms with van der Waals surface area (Å²) < 4.78 is 4.85. The molecule has 0 aromatic heterocycles. The molecule has 0 aromatic carbocycles. The molecule has 0 aliphatic heterocycles. The monoisotopic (exact) mass is 264 g/mol. The third-order valence-electron chi connectivity index (χ3n) is 5.32. The Kier molecular flexibility index (Phi) is 3.84. The van der Waals surface area contributed by atoms with Gasteiger partial charge in [0.2, 0.25) is 0 Å². The Balaban J connectivity index is 2.23. The average molecular weight is 264 g/mol. The first-order valence-corrected chi connectivity index (χ1v) is 7.20. The summed E-state index contributed by atoms with van der Waals surface area (Å²) in [6, 6.07) is 0. The molecule has 2 rings (SSSR count). The largest absolute Gasteiger partial charge is 0.469 e. The Morgan fingerprint density at radius 3 is 2.74 bits per heavy atom. The molecule has 3 atom stereocenters. The molecule has 1 saturated carbocycles. The van der Waals surface area contributed by atoms with E-state index in [-0.39, 0.29) is 17.3 Å². The zero-order valence-corrected chi connectivity index (χ0v) is 12.4. The molecule has 0 radical (unpaired) electrons. The summed E-state index contributed by atoms with van der Waals surface area (Å²) in [5.74, 6) is 0.399. The van der Waals surface area contributed by atoms with E-state index < -0.39 is 0 Å². The van der Waals surface area contributed by atoms with E-state index >= 15 is 0 Å². The molecule has 19 heavy (non-hydrogen) atoms. The number of carbonyl (C=O) groups is 2. The van der Waals surface area contributed by atoms with E-state index in [4.69, 9.17) is 4.74 Å². The summed E-state index contributed by atoms with van der Waals surface area (Å²) in [5.41, 5.74) is 2.44. The Morgan fingerprint density at radius 2 is 2.11 bits per heavy atom. The number of methoxy groups -OCH3 is 1. The number of esters is 1. The summed E-state index contributed by atoms with van der Waals surface area (Å²) in [5, 5.41) is 0. The standard InChI is InChI=1S/C16H24O3/c1-10(15(18)19-4)12-5-7-16(3)8-6-14(17)11(2)13(16)9-12/h10,12H,5-9H2,1-4H3. The van der Waals surface area contributed by atoms with E-state index in [9.17, 15) is 9.59 Å². The predicted molar refractivity (Wildman–Crippen MR) is 73.6 cm³/mol. The minimum atomic E-state index is -0.131. The maximum absolute atomic E-state index is 11.9. The highest BCUT2D eigenvalue weighted by Crippen LogP contribution is 2.51. The van der Waals surface area contributed by atoms with Crippen molar-refractivity contribution in [3.63, 3.8) is 0 Å². The summed E-state index contributed by atoms with van der Waals surface area (Å²) in [7, 11) is 1.44. The molecule has 3 unspecified atom stereocenters. The number of allylic oxidation sites excluding steroid dienone is 2. The van der Waals surface area contributed by atoms with Gasteiger partial charge in [0.15, 0.2) is 5.78 Å². The number of rotatable bonds is 2. The van der Waals surface area contributed by atoms with Crippen LogP contribution in [0.5, 0.6) is 0 Å². The van der Waals surface area contributed by atoms with E-state index in [0.717, 1.165) is 31.3 Å².